The Balaban J connectivity index is 1.31. The number of methoxy groups -OCH3 is 1. The molecule has 1 saturated heterocycles. The second kappa shape index (κ2) is 7.72. The molecule has 1 aromatic heterocycles. The van der Waals surface area contributed by atoms with Crippen molar-refractivity contribution in [3.63, 3.8) is 0 Å². The lowest BCUT2D eigenvalue weighted by Gasteiger charge is -2.43. The predicted molar refractivity (Wildman–Crippen MR) is 135 cm³/mol. The highest BCUT2D eigenvalue weighted by molar-refractivity contribution is 8.00. The fraction of sp³-hybridized carbons (Fsp3) is 0.346. The summed E-state index contributed by atoms with van der Waals surface area (Å²) in [4.78, 5) is 45.1. The van der Waals surface area contributed by atoms with E-state index in [9.17, 15) is 14.4 Å². The Hall–Kier alpha value is -2.55. The molecule has 3 aromatic rings. The molecular formula is C26H21ClN2O4S2. The lowest BCUT2D eigenvalue weighted by molar-refractivity contribution is -0.123. The number of hydrogen-bond acceptors (Lipinski definition) is 6. The van der Waals surface area contributed by atoms with Crippen molar-refractivity contribution in [1.29, 1.82) is 0 Å². The maximum atomic E-state index is 13.7. The Bertz CT molecular complexity index is 1420. The standard InChI is InChI=1S/C26H21ClN2O4S2/c1-33-14-8-2-11(3-9-14)17-18-15-10-16(21(18)34-23-22(17)35-26(32)28-23)20-19(15)24(30)29(25(20)31)13-6-4-12(27)5-7-13/h2-9,15-21H,10H2,1H3,(H,28,32)/t15-,16+,17+,18+,19+,20+,21-/m1/s1. The van der Waals surface area contributed by atoms with Crippen LogP contribution in [0.15, 0.2) is 58.4 Å². The number of benzene rings is 2. The van der Waals surface area contributed by atoms with Crippen LogP contribution in [-0.4, -0.2) is 29.2 Å². The van der Waals surface area contributed by atoms with E-state index in [1.54, 1.807) is 43.1 Å². The molecule has 35 heavy (non-hydrogen) atoms. The minimum Gasteiger partial charge on any atom is -0.497 e. The average Bonchev–Trinajstić information content (AvgIpc) is 3.59. The number of fused-ring (bicyclic) bond motifs is 9. The van der Waals surface area contributed by atoms with Gasteiger partial charge in [0.25, 0.3) is 0 Å². The number of ether oxygens (including phenoxy) is 1. The van der Waals surface area contributed by atoms with Crippen molar-refractivity contribution in [1.82, 2.24) is 4.98 Å². The Morgan fingerprint density at radius 2 is 1.66 bits per heavy atom. The van der Waals surface area contributed by atoms with Crippen molar-refractivity contribution in [3.8, 4) is 5.75 Å². The summed E-state index contributed by atoms with van der Waals surface area (Å²) in [5, 5.41) is 1.66. The van der Waals surface area contributed by atoms with Crippen LogP contribution in [0.4, 0.5) is 5.69 Å². The molecule has 2 aromatic carbocycles. The van der Waals surface area contributed by atoms with Crippen molar-refractivity contribution in [2.75, 3.05) is 12.0 Å². The summed E-state index contributed by atoms with van der Waals surface area (Å²) < 4.78 is 5.36. The van der Waals surface area contributed by atoms with Gasteiger partial charge >= 0.3 is 4.87 Å². The number of halogens is 1. The topological polar surface area (TPSA) is 79.5 Å². The van der Waals surface area contributed by atoms with Gasteiger partial charge in [-0.05, 0) is 66.1 Å². The van der Waals surface area contributed by atoms with E-state index in [2.05, 4.69) is 17.1 Å². The number of thiazole rings is 1. The Labute approximate surface area is 214 Å². The molecule has 2 aliphatic heterocycles. The van der Waals surface area contributed by atoms with Gasteiger partial charge in [-0.15, -0.1) is 11.8 Å². The largest absolute Gasteiger partial charge is 0.497 e. The maximum absolute atomic E-state index is 13.7. The van der Waals surface area contributed by atoms with Gasteiger partial charge in [-0.25, -0.2) is 0 Å². The third-order valence-corrected chi connectivity index (χ3v) is 11.1. The fourth-order valence-corrected chi connectivity index (χ4v) is 10.1. The zero-order valence-corrected chi connectivity index (χ0v) is 21.0. The molecular weight excluding hydrogens is 504 g/mol. The van der Waals surface area contributed by atoms with E-state index in [0.29, 0.717) is 10.7 Å². The molecule has 178 valence electrons. The van der Waals surface area contributed by atoms with Crippen LogP contribution in [0.5, 0.6) is 5.75 Å². The van der Waals surface area contributed by atoms with E-state index in [1.807, 2.05) is 12.1 Å². The Morgan fingerprint density at radius 3 is 2.34 bits per heavy atom. The van der Waals surface area contributed by atoms with E-state index in [1.165, 1.54) is 16.2 Å². The smallest absolute Gasteiger partial charge is 0.305 e. The van der Waals surface area contributed by atoms with Crippen LogP contribution in [0.3, 0.4) is 0 Å². The van der Waals surface area contributed by atoms with Gasteiger partial charge in [-0.2, -0.15) is 0 Å². The van der Waals surface area contributed by atoms with Crippen molar-refractivity contribution in [3.05, 3.63) is 73.7 Å². The number of imide groups is 1. The molecule has 3 fully saturated rings. The summed E-state index contributed by atoms with van der Waals surface area (Å²) >= 11 is 9.01. The number of nitrogens with zero attached hydrogens (tertiary/aromatic N) is 1. The molecule has 2 saturated carbocycles. The number of hydrogen-bond donors (Lipinski definition) is 1. The minimum absolute atomic E-state index is 0.00883. The number of nitrogens with one attached hydrogen (secondary N) is 1. The van der Waals surface area contributed by atoms with E-state index in [0.717, 1.165) is 27.6 Å². The minimum atomic E-state index is -0.317. The number of carbonyl (C=O) groups is 2. The molecule has 1 N–H and O–H groups in total. The monoisotopic (exact) mass is 524 g/mol. The lowest BCUT2D eigenvalue weighted by Crippen LogP contribution is -2.42. The fourth-order valence-electron chi connectivity index (χ4n) is 7.05. The van der Waals surface area contributed by atoms with Crippen molar-refractivity contribution < 1.29 is 14.3 Å². The number of aromatic nitrogens is 1. The molecule has 2 bridgehead atoms. The first-order valence-electron chi connectivity index (χ1n) is 11.6. The lowest BCUT2D eigenvalue weighted by atomic mass is 9.68. The molecule has 3 heterocycles. The van der Waals surface area contributed by atoms with Crippen molar-refractivity contribution in [2.24, 2.45) is 29.6 Å². The number of amides is 2. The van der Waals surface area contributed by atoms with E-state index in [4.69, 9.17) is 16.3 Å². The first-order valence-corrected chi connectivity index (χ1v) is 13.7. The van der Waals surface area contributed by atoms with Gasteiger partial charge in [0.15, 0.2) is 0 Å². The highest BCUT2D eigenvalue weighted by Crippen LogP contribution is 2.68. The molecule has 7 atom stereocenters. The normalized spacial score (nSPS) is 32.5. The van der Waals surface area contributed by atoms with Gasteiger partial charge < -0.3 is 9.72 Å². The highest BCUT2D eigenvalue weighted by Gasteiger charge is 2.69. The summed E-state index contributed by atoms with van der Waals surface area (Å²) in [6, 6.07) is 14.9. The molecule has 2 aliphatic carbocycles. The number of H-pyrrole nitrogens is 1. The first-order chi connectivity index (χ1) is 17.0. The zero-order valence-electron chi connectivity index (χ0n) is 18.6. The molecule has 6 nitrogen and oxygen atoms in total. The van der Waals surface area contributed by atoms with Crippen LogP contribution >= 0.6 is 34.7 Å². The van der Waals surface area contributed by atoms with Crippen LogP contribution in [-0.2, 0) is 9.59 Å². The number of aromatic amines is 1. The molecule has 0 radical (unpaired) electrons. The average molecular weight is 525 g/mol. The second-order valence-corrected chi connectivity index (χ2v) is 12.4. The molecule has 2 amide bonds. The Morgan fingerprint density at radius 1 is 0.971 bits per heavy atom. The van der Waals surface area contributed by atoms with Gasteiger partial charge in [0.05, 0.1) is 29.7 Å². The SMILES string of the molecule is COc1ccc([C@@H]2c3sc(=O)[nH]c3S[C@@H]3[C@H]4C[C@@H]([C@@H]5C(=O)N(c6ccc(Cl)cc6)C(=O)[C@@H]45)[C@@H]23)cc1. The number of rotatable bonds is 3. The third kappa shape index (κ3) is 2.99. The quantitative estimate of drug-likeness (QED) is 0.499. The highest BCUT2D eigenvalue weighted by atomic mass is 35.5. The second-order valence-electron chi connectivity index (χ2n) is 9.72. The molecule has 7 rings (SSSR count). The summed E-state index contributed by atoms with van der Waals surface area (Å²) in [6.07, 6.45) is 0.870. The first kappa shape index (κ1) is 21.7. The molecule has 4 aliphatic rings. The van der Waals surface area contributed by atoms with Crippen LogP contribution in [0.2, 0.25) is 5.02 Å². The Kier molecular flexibility index (Phi) is 4.79. The number of anilines is 1. The van der Waals surface area contributed by atoms with Gasteiger partial charge in [0.2, 0.25) is 11.8 Å². The van der Waals surface area contributed by atoms with Gasteiger partial charge in [0.1, 0.15) is 5.75 Å². The summed E-state index contributed by atoms with van der Waals surface area (Å²) in [5.41, 5.74) is 1.71. The van der Waals surface area contributed by atoms with Crippen LogP contribution in [0.1, 0.15) is 22.8 Å². The van der Waals surface area contributed by atoms with Gasteiger partial charge in [-0.3, -0.25) is 19.3 Å². The summed E-state index contributed by atoms with van der Waals surface area (Å²) in [6.45, 7) is 0. The predicted octanol–water partition coefficient (Wildman–Crippen LogP) is 4.78. The van der Waals surface area contributed by atoms with Crippen LogP contribution in [0, 0.1) is 29.6 Å². The summed E-state index contributed by atoms with van der Waals surface area (Å²) in [5.74, 6) is 0.346. The number of thioether (sulfide) groups is 1. The van der Waals surface area contributed by atoms with Gasteiger partial charge in [-0.1, -0.05) is 35.1 Å². The van der Waals surface area contributed by atoms with E-state index in [-0.39, 0.29) is 57.4 Å². The van der Waals surface area contributed by atoms with Crippen LogP contribution in [0.25, 0.3) is 0 Å². The van der Waals surface area contributed by atoms with Crippen LogP contribution < -0.4 is 14.5 Å². The van der Waals surface area contributed by atoms with Crippen molar-refractivity contribution in [2.45, 2.75) is 22.6 Å². The molecule has 0 spiro atoms. The molecule has 0 unspecified atom stereocenters. The van der Waals surface area contributed by atoms with E-state index >= 15 is 0 Å². The molecule has 9 heteroatoms. The van der Waals surface area contributed by atoms with Gasteiger partial charge in [0, 0.05) is 21.1 Å². The summed E-state index contributed by atoms with van der Waals surface area (Å²) in [7, 11) is 1.64. The number of carbonyl (C=O) groups excluding carboxylic acids is 2. The maximum Gasteiger partial charge on any atom is 0.305 e. The zero-order chi connectivity index (χ0) is 24.0. The van der Waals surface area contributed by atoms with E-state index < -0.39 is 0 Å². The van der Waals surface area contributed by atoms with Crippen molar-refractivity contribution >= 4 is 52.2 Å². The third-order valence-electron chi connectivity index (χ3n) is 8.28.